The Morgan fingerprint density at radius 3 is 2.64 bits per heavy atom. The van der Waals surface area contributed by atoms with Crippen LogP contribution in [-0.4, -0.2) is 28.7 Å². The van der Waals surface area contributed by atoms with Gasteiger partial charge >= 0.3 is 0 Å². The van der Waals surface area contributed by atoms with Crippen molar-refractivity contribution in [1.82, 2.24) is 4.90 Å². The van der Waals surface area contributed by atoms with Gasteiger partial charge in [0.2, 0.25) is 0 Å². The highest BCUT2D eigenvalue weighted by molar-refractivity contribution is 5.57. The Morgan fingerprint density at radius 1 is 1.23 bits per heavy atom. The largest absolute Gasteiger partial charge is 0.464 e. The van der Waals surface area contributed by atoms with Crippen molar-refractivity contribution < 1.29 is 9.52 Å². The number of aliphatic hydroxyl groups is 1. The molecule has 1 saturated heterocycles. The van der Waals surface area contributed by atoms with Crippen LogP contribution >= 0.6 is 0 Å². The van der Waals surface area contributed by atoms with E-state index in [1.54, 1.807) is 6.26 Å². The Bertz CT molecular complexity index is 581. The van der Waals surface area contributed by atoms with Gasteiger partial charge in [-0.2, -0.15) is 0 Å². The standard InChI is InChI=1S/C19H25NO2/c1-19(2,21)17-5-3-11-20(14-17)13-15-7-9-16(10-8-15)18-6-4-12-22-18/h4,6-10,12,17,21H,3,5,11,13-14H2,1-2H3/t17-/m1/s1. The maximum Gasteiger partial charge on any atom is 0.133 e. The minimum Gasteiger partial charge on any atom is -0.464 e. The van der Waals surface area contributed by atoms with Gasteiger partial charge in [0, 0.05) is 18.7 Å². The number of rotatable bonds is 4. The van der Waals surface area contributed by atoms with E-state index in [0.717, 1.165) is 37.4 Å². The Balaban J connectivity index is 1.63. The molecule has 1 aliphatic rings. The summed E-state index contributed by atoms with van der Waals surface area (Å²) in [4.78, 5) is 2.45. The number of nitrogens with zero attached hydrogens (tertiary/aromatic N) is 1. The van der Waals surface area contributed by atoms with E-state index < -0.39 is 5.60 Å². The molecule has 2 aromatic rings. The summed E-state index contributed by atoms with van der Waals surface area (Å²) in [5.74, 6) is 1.27. The van der Waals surface area contributed by atoms with Crippen LogP contribution in [0.3, 0.4) is 0 Å². The molecule has 1 aliphatic heterocycles. The molecular formula is C19H25NO2. The summed E-state index contributed by atoms with van der Waals surface area (Å²) in [7, 11) is 0. The highest BCUT2D eigenvalue weighted by atomic mass is 16.3. The number of hydrogen-bond donors (Lipinski definition) is 1. The molecular weight excluding hydrogens is 274 g/mol. The maximum atomic E-state index is 10.2. The van der Waals surface area contributed by atoms with Crippen molar-refractivity contribution in [2.24, 2.45) is 5.92 Å². The highest BCUT2D eigenvalue weighted by Gasteiger charge is 2.31. The molecule has 0 radical (unpaired) electrons. The van der Waals surface area contributed by atoms with Crippen molar-refractivity contribution >= 4 is 0 Å². The Morgan fingerprint density at radius 2 is 2.00 bits per heavy atom. The van der Waals surface area contributed by atoms with Crippen LogP contribution in [-0.2, 0) is 6.54 Å². The van der Waals surface area contributed by atoms with Crippen LogP contribution in [0.5, 0.6) is 0 Å². The second-order valence-electron chi connectivity index (χ2n) is 6.90. The first-order valence-electron chi connectivity index (χ1n) is 8.10. The fraction of sp³-hybridized carbons (Fsp3) is 0.474. The molecule has 0 aliphatic carbocycles. The first-order valence-corrected chi connectivity index (χ1v) is 8.10. The third-order valence-corrected chi connectivity index (χ3v) is 4.67. The molecule has 3 heteroatoms. The van der Waals surface area contributed by atoms with E-state index in [4.69, 9.17) is 4.42 Å². The number of furan rings is 1. The fourth-order valence-corrected chi connectivity index (χ4v) is 3.25. The van der Waals surface area contributed by atoms with Crippen LogP contribution in [0.25, 0.3) is 11.3 Å². The van der Waals surface area contributed by atoms with Gasteiger partial charge in [-0.1, -0.05) is 24.3 Å². The minimum absolute atomic E-state index is 0.364. The Kier molecular flexibility index (Phi) is 4.37. The van der Waals surface area contributed by atoms with Gasteiger partial charge in [-0.3, -0.25) is 4.90 Å². The summed E-state index contributed by atoms with van der Waals surface area (Å²) < 4.78 is 5.42. The third-order valence-electron chi connectivity index (χ3n) is 4.67. The monoisotopic (exact) mass is 299 g/mol. The lowest BCUT2D eigenvalue weighted by Crippen LogP contribution is -2.44. The SMILES string of the molecule is CC(C)(O)[C@@H]1CCCN(Cc2ccc(-c3ccco3)cc2)C1. The van der Waals surface area contributed by atoms with Gasteiger partial charge in [0.25, 0.3) is 0 Å². The molecule has 3 rings (SSSR count). The molecule has 3 nitrogen and oxygen atoms in total. The first kappa shape index (κ1) is 15.3. The van der Waals surface area contributed by atoms with Crippen molar-refractivity contribution in [3.05, 3.63) is 48.2 Å². The second-order valence-corrected chi connectivity index (χ2v) is 6.90. The van der Waals surface area contributed by atoms with Crippen molar-refractivity contribution in [2.75, 3.05) is 13.1 Å². The highest BCUT2D eigenvalue weighted by Crippen LogP contribution is 2.28. The topological polar surface area (TPSA) is 36.6 Å². The molecule has 0 bridgehead atoms. The smallest absolute Gasteiger partial charge is 0.133 e. The van der Waals surface area contributed by atoms with Gasteiger partial charge in [-0.25, -0.2) is 0 Å². The van der Waals surface area contributed by atoms with E-state index in [2.05, 4.69) is 29.2 Å². The van der Waals surface area contributed by atoms with E-state index in [-0.39, 0.29) is 0 Å². The van der Waals surface area contributed by atoms with Gasteiger partial charge in [-0.15, -0.1) is 0 Å². The first-order chi connectivity index (χ1) is 10.5. The van der Waals surface area contributed by atoms with Gasteiger partial charge in [-0.05, 0) is 56.8 Å². The average molecular weight is 299 g/mol. The van der Waals surface area contributed by atoms with E-state index in [9.17, 15) is 5.11 Å². The van der Waals surface area contributed by atoms with Crippen LogP contribution in [0.15, 0.2) is 47.1 Å². The lowest BCUT2D eigenvalue weighted by Gasteiger charge is -2.38. The quantitative estimate of drug-likeness (QED) is 0.929. The molecule has 1 atom stereocenters. The molecule has 22 heavy (non-hydrogen) atoms. The summed E-state index contributed by atoms with van der Waals surface area (Å²) >= 11 is 0. The zero-order valence-corrected chi connectivity index (χ0v) is 13.5. The van der Waals surface area contributed by atoms with Crippen LogP contribution in [0.2, 0.25) is 0 Å². The zero-order valence-electron chi connectivity index (χ0n) is 13.5. The zero-order chi connectivity index (χ0) is 15.6. The number of benzene rings is 1. The van der Waals surface area contributed by atoms with Gasteiger partial charge in [0.1, 0.15) is 5.76 Å². The minimum atomic E-state index is -0.582. The molecule has 2 heterocycles. The number of hydrogen-bond acceptors (Lipinski definition) is 3. The summed E-state index contributed by atoms with van der Waals surface area (Å²) in [6.07, 6.45) is 3.99. The van der Waals surface area contributed by atoms with Crippen molar-refractivity contribution in [3.63, 3.8) is 0 Å². The molecule has 0 amide bonds. The Labute approximate surface area is 132 Å². The third kappa shape index (κ3) is 3.60. The molecule has 0 saturated carbocycles. The van der Waals surface area contributed by atoms with Gasteiger partial charge in [0.05, 0.1) is 11.9 Å². The van der Waals surface area contributed by atoms with Crippen molar-refractivity contribution in [3.8, 4) is 11.3 Å². The average Bonchev–Trinajstić information content (AvgIpc) is 3.02. The summed E-state index contributed by atoms with van der Waals surface area (Å²) in [6, 6.07) is 12.5. The predicted molar refractivity (Wildman–Crippen MR) is 88.4 cm³/mol. The van der Waals surface area contributed by atoms with Crippen LogP contribution in [0, 0.1) is 5.92 Å². The van der Waals surface area contributed by atoms with Crippen LogP contribution < -0.4 is 0 Å². The molecule has 0 spiro atoms. The second kappa shape index (κ2) is 6.27. The van der Waals surface area contributed by atoms with E-state index >= 15 is 0 Å². The van der Waals surface area contributed by atoms with Gasteiger partial charge < -0.3 is 9.52 Å². The van der Waals surface area contributed by atoms with Gasteiger partial charge in [0.15, 0.2) is 0 Å². The van der Waals surface area contributed by atoms with Crippen LogP contribution in [0.1, 0.15) is 32.3 Å². The molecule has 118 valence electrons. The lowest BCUT2D eigenvalue weighted by atomic mass is 9.84. The van der Waals surface area contributed by atoms with Crippen LogP contribution in [0.4, 0.5) is 0 Å². The number of piperidine rings is 1. The molecule has 1 aromatic heterocycles. The molecule has 1 fully saturated rings. The normalized spacial score (nSPS) is 20.2. The number of likely N-dealkylation sites (tertiary alicyclic amines) is 1. The predicted octanol–water partition coefficient (Wildman–Crippen LogP) is 3.93. The van der Waals surface area contributed by atoms with E-state index in [1.165, 1.54) is 12.0 Å². The summed E-state index contributed by atoms with van der Waals surface area (Å²) in [5.41, 5.74) is 1.84. The summed E-state index contributed by atoms with van der Waals surface area (Å²) in [6.45, 7) is 6.90. The lowest BCUT2D eigenvalue weighted by molar-refractivity contribution is -0.0198. The van der Waals surface area contributed by atoms with Crippen molar-refractivity contribution in [2.45, 2.75) is 38.8 Å². The summed E-state index contributed by atoms with van der Waals surface area (Å²) in [5, 5.41) is 10.2. The Hall–Kier alpha value is -1.58. The van der Waals surface area contributed by atoms with E-state index in [0.29, 0.717) is 5.92 Å². The molecule has 1 N–H and O–H groups in total. The molecule has 1 aromatic carbocycles. The fourth-order valence-electron chi connectivity index (χ4n) is 3.25. The van der Waals surface area contributed by atoms with E-state index in [1.807, 2.05) is 26.0 Å². The maximum absolute atomic E-state index is 10.2. The molecule has 0 unspecified atom stereocenters. The van der Waals surface area contributed by atoms with Crippen molar-refractivity contribution in [1.29, 1.82) is 0 Å².